The Balaban J connectivity index is 1.75. The zero-order chi connectivity index (χ0) is 14.8. The molecule has 1 aliphatic rings. The number of aromatic nitrogens is 1. The fourth-order valence-electron chi connectivity index (χ4n) is 2.53. The summed E-state index contributed by atoms with van der Waals surface area (Å²) in [6.45, 7) is 4.82. The number of benzene rings is 1. The van der Waals surface area contributed by atoms with E-state index in [-0.39, 0.29) is 12.0 Å². The highest BCUT2D eigenvalue weighted by atomic mass is 32.1. The predicted molar refractivity (Wildman–Crippen MR) is 84.6 cm³/mol. The molecule has 2 aromatic rings. The molecule has 1 aromatic carbocycles. The molecule has 1 amide bonds. The van der Waals surface area contributed by atoms with E-state index in [9.17, 15) is 4.79 Å². The van der Waals surface area contributed by atoms with Crippen molar-refractivity contribution in [1.29, 1.82) is 0 Å². The molecule has 3 rings (SSSR count). The Labute approximate surface area is 128 Å². The minimum absolute atomic E-state index is 0.0889. The summed E-state index contributed by atoms with van der Waals surface area (Å²) < 4.78 is 5.38. The third-order valence-corrected chi connectivity index (χ3v) is 4.37. The monoisotopic (exact) mass is 302 g/mol. The number of amides is 1. The lowest BCUT2D eigenvalue weighted by atomic mass is 10.0. The molecule has 0 aliphatic carbocycles. The van der Waals surface area contributed by atoms with Crippen molar-refractivity contribution in [3.63, 3.8) is 0 Å². The van der Waals surface area contributed by atoms with Crippen LogP contribution in [0.4, 0.5) is 5.13 Å². The smallest absolute Gasteiger partial charge is 0.255 e. The molecule has 1 fully saturated rings. The van der Waals surface area contributed by atoms with Gasteiger partial charge in [0.2, 0.25) is 0 Å². The van der Waals surface area contributed by atoms with Crippen LogP contribution in [-0.2, 0) is 9.53 Å². The number of carbonyl (C=O) groups is 1. The number of carbonyl (C=O) groups excluding carboxylic acids is 1. The van der Waals surface area contributed by atoms with E-state index in [0.717, 1.165) is 24.1 Å². The Bertz CT molecular complexity index is 660. The van der Waals surface area contributed by atoms with Crippen LogP contribution in [0.5, 0.6) is 0 Å². The van der Waals surface area contributed by atoms with Crippen LogP contribution in [0.25, 0.3) is 11.3 Å². The van der Waals surface area contributed by atoms with Gasteiger partial charge in [-0.05, 0) is 32.3 Å². The third-order valence-electron chi connectivity index (χ3n) is 3.61. The molecule has 0 bridgehead atoms. The van der Waals surface area contributed by atoms with Crippen molar-refractivity contribution in [3.05, 3.63) is 34.7 Å². The van der Waals surface area contributed by atoms with Crippen LogP contribution in [0.1, 0.15) is 24.0 Å². The summed E-state index contributed by atoms with van der Waals surface area (Å²) in [7, 11) is 0. The second-order valence-electron chi connectivity index (χ2n) is 5.35. The fourth-order valence-corrected chi connectivity index (χ4v) is 3.24. The number of rotatable bonds is 3. The number of anilines is 1. The highest BCUT2D eigenvalue weighted by Gasteiger charge is 2.24. The maximum atomic E-state index is 12.0. The first kappa shape index (κ1) is 14.2. The first-order chi connectivity index (χ1) is 10.1. The molecule has 1 saturated heterocycles. The standard InChI is InChI=1S/C16H18N2O2S/c1-10-5-6-12(11(2)8-10)13-9-21-16(17-13)18-15(19)14-4-3-7-20-14/h5-6,8-9,14H,3-4,7H2,1-2H3,(H,17,18,19). The predicted octanol–water partition coefficient (Wildman–Crippen LogP) is 3.54. The van der Waals surface area contributed by atoms with E-state index in [2.05, 4.69) is 42.3 Å². The molecule has 110 valence electrons. The lowest BCUT2D eigenvalue weighted by Gasteiger charge is -2.07. The number of nitrogens with zero attached hydrogens (tertiary/aromatic N) is 1. The molecule has 21 heavy (non-hydrogen) atoms. The van der Waals surface area contributed by atoms with Crippen molar-refractivity contribution < 1.29 is 9.53 Å². The number of hydrogen-bond acceptors (Lipinski definition) is 4. The van der Waals surface area contributed by atoms with E-state index >= 15 is 0 Å². The molecule has 1 aromatic heterocycles. The van der Waals surface area contributed by atoms with Gasteiger partial charge in [0.1, 0.15) is 6.10 Å². The zero-order valence-electron chi connectivity index (χ0n) is 12.2. The lowest BCUT2D eigenvalue weighted by molar-refractivity contribution is -0.124. The average Bonchev–Trinajstić information content (AvgIpc) is 3.09. The highest BCUT2D eigenvalue weighted by Crippen LogP contribution is 2.28. The van der Waals surface area contributed by atoms with E-state index in [0.29, 0.717) is 11.7 Å². The second-order valence-corrected chi connectivity index (χ2v) is 6.21. The number of thiazole rings is 1. The molecule has 5 heteroatoms. The Kier molecular flexibility index (Phi) is 4.03. The topological polar surface area (TPSA) is 51.2 Å². The Morgan fingerprint density at radius 1 is 1.43 bits per heavy atom. The van der Waals surface area contributed by atoms with Gasteiger partial charge in [-0.2, -0.15) is 0 Å². The first-order valence-electron chi connectivity index (χ1n) is 7.09. The SMILES string of the molecule is Cc1ccc(-c2csc(NC(=O)C3CCCO3)n2)c(C)c1. The summed E-state index contributed by atoms with van der Waals surface area (Å²) in [6, 6.07) is 6.29. The summed E-state index contributed by atoms with van der Waals surface area (Å²) in [5.41, 5.74) is 4.44. The van der Waals surface area contributed by atoms with Crippen LogP contribution in [0.3, 0.4) is 0 Å². The van der Waals surface area contributed by atoms with Crippen molar-refractivity contribution in [2.24, 2.45) is 0 Å². The van der Waals surface area contributed by atoms with Crippen LogP contribution in [0.2, 0.25) is 0 Å². The second kappa shape index (κ2) is 5.95. The minimum Gasteiger partial charge on any atom is -0.368 e. The molecule has 0 spiro atoms. The Hall–Kier alpha value is -1.72. The van der Waals surface area contributed by atoms with E-state index in [1.807, 2.05) is 5.38 Å². The normalized spacial score (nSPS) is 17.9. The third kappa shape index (κ3) is 3.14. The van der Waals surface area contributed by atoms with Gasteiger partial charge in [0.15, 0.2) is 5.13 Å². The van der Waals surface area contributed by atoms with Gasteiger partial charge in [-0.15, -0.1) is 11.3 Å². The van der Waals surface area contributed by atoms with Crippen molar-refractivity contribution in [1.82, 2.24) is 4.98 Å². The van der Waals surface area contributed by atoms with Gasteiger partial charge in [-0.25, -0.2) is 4.98 Å². The van der Waals surface area contributed by atoms with Crippen LogP contribution < -0.4 is 5.32 Å². The summed E-state index contributed by atoms with van der Waals surface area (Å²) in [5, 5.41) is 5.45. The maximum Gasteiger partial charge on any atom is 0.255 e. The van der Waals surface area contributed by atoms with Crippen LogP contribution in [-0.4, -0.2) is 23.6 Å². The Morgan fingerprint density at radius 3 is 3.00 bits per heavy atom. The quantitative estimate of drug-likeness (QED) is 0.943. The maximum absolute atomic E-state index is 12.0. The largest absolute Gasteiger partial charge is 0.368 e. The van der Waals surface area contributed by atoms with Gasteiger partial charge in [0, 0.05) is 17.6 Å². The average molecular weight is 302 g/mol. The molecule has 0 radical (unpaired) electrons. The zero-order valence-corrected chi connectivity index (χ0v) is 13.0. The number of nitrogens with one attached hydrogen (secondary N) is 1. The molecule has 1 atom stereocenters. The van der Waals surface area contributed by atoms with Crippen molar-refractivity contribution in [2.75, 3.05) is 11.9 Å². The lowest BCUT2D eigenvalue weighted by Crippen LogP contribution is -2.26. The van der Waals surface area contributed by atoms with E-state index in [4.69, 9.17) is 4.74 Å². The molecule has 2 heterocycles. The minimum atomic E-state index is -0.321. The van der Waals surface area contributed by atoms with Gasteiger partial charge in [-0.3, -0.25) is 10.1 Å². The van der Waals surface area contributed by atoms with E-state index < -0.39 is 0 Å². The fraction of sp³-hybridized carbons (Fsp3) is 0.375. The van der Waals surface area contributed by atoms with Crippen LogP contribution in [0, 0.1) is 13.8 Å². The summed E-state index contributed by atoms with van der Waals surface area (Å²) in [6.07, 6.45) is 1.42. The molecular weight excluding hydrogens is 284 g/mol. The summed E-state index contributed by atoms with van der Waals surface area (Å²) in [4.78, 5) is 16.5. The van der Waals surface area contributed by atoms with Gasteiger partial charge in [0.25, 0.3) is 5.91 Å². The van der Waals surface area contributed by atoms with Gasteiger partial charge in [-0.1, -0.05) is 23.8 Å². The van der Waals surface area contributed by atoms with Crippen LogP contribution >= 0.6 is 11.3 Å². The summed E-state index contributed by atoms with van der Waals surface area (Å²) in [5.74, 6) is -0.0889. The van der Waals surface area contributed by atoms with E-state index in [1.165, 1.54) is 22.5 Å². The van der Waals surface area contributed by atoms with Crippen molar-refractivity contribution in [3.8, 4) is 11.3 Å². The Morgan fingerprint density at radius 2 is 2.29 bits per heavy atom. The number of aryl methyl sites for hydroxylation is 2. The molecule has 1 unspecified atom stereocenters. The molecular formula is C16H18N2O2S. The molecule has 0 saturated carbocycles. The molecule has 4 nitrogen and oxygen atoms in total. The van der Waals surface area contributed by atoms with Crippen molar-refractivity contribution in [2.45, 2.75) is 32.8 Å². The van der Waals surface area contributed by atoms with Gasteiger partial charge < -0.3 is 4.74 Å². The number of hydrogen-bond donors (Lipinski definition) is 1. The van der Waals surface area contributed by atoms with Gasteiger partial charge in [0.05, 0.1) is 5.69 Å². The summed E-state index contributed by atoms with van der Waals surface area (Å²) >= 11 is 1.45. The number of ether oxygens (including phenoxy) is 1. The molecule has 1 aliphatic heterocycles. The highest BCUT2D eigenvalue weighted by molar-refractivity contribution is 7.14. The van der Waals surface area contributed by atoms with Crippen molar-refractivity contribution >= 4 is 22.4 Å². The van der Waals surface area contributed by atoms with Gasteiger partial charge >= 0.3 is 0 Å². The van der Waals surface area contributed by atoms with E-state index in [1.54, 1.807) is 0 Å². The molecule has 1 N–H and O–H groups in total. The van der Waals surface area contributed by atoms with Crippen LogP contribution in [0.15, 0.2) is 23.6 Å². The first-order valence-corrected chi connectivity index (χ1v) is 7.97.